The largest absolute Gasteiger partial charge is 0.422 e. The average molecular weight is 311 g/mol. The molecule has 2 rings (SSSR count). The SMILES string of the molecule is C=C(C)C(=O)Oc1ccccc1C(=O)c1ccccc1[N+](=O)[O-]. The van der Waals surface area contributed by atoms with E-state index in [1.165, 1.54) is 43.3 Å². The molecule has 2 aromatic rings. The van der Waals surface area contributed by atoms with Crippen LogP contribution in [0.2, 0.25) is 0 Å². The number of rotatable bonds is 5. The van der Waals surface area contributed by atoms with Crippen molar-refractivity contribution in [2.24, 2.45) is 0 Å². The maximum atomic E-state index is 12.6. The summed E-state index contributed by atoms with van der Waals surface area (Å²) in [6.45, 7) is 4.95. The Hall–Kier alpha value is -3.28. The van der Waals surface area contributed by atoms with Crippen molar-refractivity contribution in [3.05, 3.63) is 81.9 Å². The summed E-state index contributed by atoms with van der Waals surface area (Å²) in [6, 6.07) is 11.7. The first-order valence-corrected chi connectivity index (χ1v) is 6.66. The Bertz CT molecular complexity index is 810. The molecule has 0 aromatic heterocycles. The number of hydrogen-bond donors (Lipinski definition) is 0. The van der Waals surface area contributed by atoms with E-state index in [1.807, 2.05) is 0 Å². The number of carbonyl (C=O) groups is 2. The Kier molecular flexibility index (Phi) is 4.66. The van der Waals surface area contributed by atoms with Crippen LogP contribution in [0.4, 0.5) is 5.69 Å². The summed E-state index contributed by atoms with van der Waals surface area (Å²) in [5, 5.41) is 11.1. The van der Waals surface area contributed by atoms with Crippen molar-refractivity contribution in [3.8, 4) is 5.75 Å². The minimum Gasteiger partial charge on any atom is -0.422 e. The van der Waals surface area contributed by atoms with Crippen molar-refractivity contribution in [1.82, 2.24) is 0 Å². The van der Waals surface area contributed by atoms with Crippen LogP contribution in [0.1, 0.15) is 22.8 Å². The summed E-state index contributed by atoms with van der Waals surface area (Å²) in [5.41, 5.74) is -0.135. The summed E-state index contributed by atoms with van der Waals surface area (Å²) in [6.07, 6.45) is 0. The number of esters is 1. The van der Waals surface area contributed by atoms with E-state index in [4.69, 9.17) is 4.74 Å². The van der Waals surface area contributed by atoms with Crippen molar-refractivity contribution >= 4 is 17.4 Å². The summed E-state index contributed by atoms with van der Waals surface area (Å²) >= 11 is 0. The van der Waals surface area contributed by atoms with Gasteiger partial charge in [-0.2, -0.15) is 0 Å². The third-order valence-electron chi connectivity index (χ3n) is 3.03. The van der Waals surface area contributed by atoms with Gasteiger partial charge in [0.2, 0.25) is 5.78 Å². The molecule has 0 N–H and O–H groups in total. The maximum Gasteiger partial charge on any atom is 0.338 e. The third-order valence-corrected chi connectivity index (χ3v) is 3.03. The highest BCUT2D eigenvalue weighted by atomic mass is 16.6. The van der Waals surface area contributed by atoms with Gasteiger partial charge in [-0.1, -0.05) is 30.8 Å². The molecule has 0 saturated heterocycles. The number of nitrogens with zero attached hydrogens (tertiary/aromatic N) is 1. The smallest absolute Gasteiger partial charge is 0.338 e. The topological polar surface area (TPSA) is 86.5 Å². The molecule has 0 radical (unpaired) electrons. The number of ketones is 1. The van der Waals surface area contributed by atoms with Crippen LogP contribution < -0.4 is 4.74 Å². The first-order valence-electron chi connectivity index (χ1n) is 6.66. The van der Waals surface area contributed by atoms with Gasteiger partial charge in [-0.25, -0.2) is 4.79 Å². The molecule has 6 nitrogen and oxygen atoms in total. The second-order valence-corrected chi connectivity index (χ2v) is 4.77. The van der Waals surface area contributed by atoms with Gasteiger partial charge in [0.05, 0.1) is 10.5 Å². The molecule has 0 bridgehead atoms. The average Bonchev–Trinajstić information content (AvgIpc) is 2.54. The second kappa shape index (κ2) is 6.65. The molecular weight excluding hydrogens is 298 g/mol. The van der Waals surface area contributed by atoms with Crippen molar-refractivity contribution in [3.63, 3.8) is 0 Å². The van der Waals surface area contributed by atoms with Gasteiger partial charge in [-0.15, -0.1) is 0 Å². The zero-order chi connectivity index (χ0) is 17.0. The van der Waals surface area contributed by atoms with Gasteiger partial charge in [-0.3, -0.25) is 14.9 Å². The molecule has 2 aromatic carbocycles. The van der Waals surface area contributed by atoms with E-state index in [0.717, 1.165) is 0 Å². The molecule has 0 unspecified atom stereocenters. The van der Waals surface area contributed by atoms with Crippen LogP contribution in [0.25, 0.3) is 0 Å². The standard InChI is InChI=1S/C17H13NO5/c1-11(2)17(20)23-15-10-6-4-8-13(15)16(19)12-7-3-5-9-14(12)18(21)22/h3-10H,1H2,2H3. The third kappa shape index (κ3) is 3.49. The molecule has 0 amide bonds. The van der Waals surface area contributed by atoms with Crippen molar-refractivity contribution in [1.29, 1.82) is 0 Å². The zero-order valence-corrected chi connectivity index (χ0v) is 12.3. The molecule has 116 valence electrons. The van der Waals surface area contributed by atoms with Gasteiger partial charge in [0.25, 0.3) is 5.69 Å². The number of nitro groups is 1. The Morgan fingerprint density at radius 1 is 1.04 bits per heavy atom. The van der Waals surface area contributed by atoms with Crippen LogP contribution in [0.3, 0.4) is 0 Å². The molecule has 6 heteroatoms. The lowest BCUT2D eigenvalue weighted by Crippen LogP contribution is -2.12. The Labute approximate surface area is 132 Å². The molecule has 0 saturated carbocycles. The van der Waals surface area contributed by atoms with E-state index in [2.05, 4.69) is 6.58 Å². The van der Waals surface area contributed by atoms with Gasteiger partial charge >= 0.3 is 5.97 Å². The minimum absolute atomic E-state index is 0.0312. The van der Waals surface area contributed by atoms with Crippen molar-refractivity contribution in [2.45, 2.75) is 6.92 Å². The molecule has 0 aliphatic heterocycles. The molecule has 0 fully saturated rings. The predicted molar refractivity (Wildman–Crippen MR) is 83.4 cm³/mol. The normalized spacial score (nSPS) is 9.96. The molecule has 0 spiro atoms. The maximum absolute atomic E-state index is 12.6. The first-order chi connectivity index (χ1) is 10.9. The summed E-state index contributed by atoms with van der Waals surface area (Å²) in [4.78, 5) is 34.7. The van der Waals surface area contributed by atoms with Crippen LogP contribution in [-0.4, -0.2) is 16.7 Å². The number of hydrogen-bond acceptors (Lipinski definition) is 5. The molecular formula is C17H13NO5. The highest BCUT2D eigenvalue weighted by Crippen LogP contribution is 2.26. The van der Waals surface area contributed by atoms with E-state index in [0.29, 0.717) is 0 Å². The number of para-hydroxylation sites is 2. The second-order valence-electron chi connectivity index (χ2n) is 4.77. The van der Waals surface area contributed by atoms with Gasteiger partial charge in [0, 0.05) is 11.6 Å². The molecule has 0 aliphatic carbocycles. The van der Waals surface area contributed by atoms with Crippen LogP contribution in [0.15, 0.2) is 60.7 Å². The quantitative estimate of drug-likeness (QED) is 0.211. The van der Waals surface area contributed by atoms with E-state index in [-0.39, 0.29) is 28.1 Å². The number of ether oxygens (including phenoxy) is 1. The van der Waals surface area contributed by atoms with Crippen LogP contribution in [-0.2, 0) is 4.79 Å². The fourth-order valence-corrected chi connectivity index (χ4v) is 1.90. The summed E-state index contributed by atoms with van der Waals surface area (Å²) < 4.78 is 5.12. The summed E-state index contributed by atoms with van der Waals surface area (Å²) in [7, 11) is 0. The van der Waals surface area contributed by atoms with Crippen molar-refractivity contribution < 1.29 is 19.2 Å². The van der Waals surface area contributed by atoms with Gasteiger partial charge < -0.3 is 4.74 Å². The molecule has 0 heterocycles. The first kappa shape index (κ1) is 16.1. The highest BCUT2D eigenvalue weighted by molar-refractivity contribution is 6.13. The van der Waals surface area contributed by atoms with Gasteiger partial charge in [0.15, 0.2) is 0 Å². The minimum atomic E-state index is -0.673. The number of benzene rings is 2. The van der Waals surface area contributed by atoms with Crippen molar-refractivity contribution in [2.75, 3.05) is 0 Å². The number of carbonyl (C=O) groups excluding carboxylic acids is 2. The Balaban J connectivity index is 2.47. The van der Waals surface area contributed by atoms with Crippen LogP contribution in [0.5, 0.6) is 5.75 Å². The molecule has 23 heavy (non-hydrogen) atoms. The van der Waals surface area contributed by atoms with Gasteiger partial charge in [-0.05, 0) is 25.1 Å². The van der Waals surface area contributed by atoms with E-state index >= 15 is 0 Å². The highest BCUT2D eigenvalue weighted by Gasteiger charge is 2.23. The zero-order valence-electron chi connectivity index (χ0n) is 12.3. The lowest BCUT2D eigenvalue weighted by Gasteiger charge is -2.09. The van der Waals surface area contributed by atoms with Crippen LogP contribution in [0, 0.1) is 10.1 Å². The van der Waals surface area contributed by atoms with E-state index < -0.39 is 16.7 Å². The predicted octanol–water partition coefficient (Wildman–Crippen LogP) is 3.31. The number of nitro benzene ring substituents is 1. The molecule has 0 aliphatic rings. The fraction of sp³-hybridized carbons (Fsp3) is 0.0588. The van der Waals surface area contributed by atoms with Gasteiger partial charge in [0.1, 0.15) is 11.3 Å². The lowest BCUT2D eigenvalue weighted by atomic mass is 10.0. The van der Waals surface area contributed by atoms with E-state index in [9.17, 15) is 19.7 Å². The molecule has 0 atom stereocenters. The lowest BCUT2D eigenvalue weighted by molar-refractivity contribution is -0.385. The monoisotopic (exact) mass is 311 g/mol. The van der Waals surface area contributed by atoms with E-state index in [1.54, 1.807) is 12.1 Å². The van der Waals surface area contributed by atoms with Crippen LogP contribution >= 0.6 is 0 Å². The Morgan fingerprint density at radius 3 is 2.22 bits per heavy atom. The Morgan fingerprint density at radius 2 is 1.61 bits per heavy atom. The summed E-state index contributed by atoms with van der Waals surface area (Å²) in [5.74, 6) is -1.24. The fourth-order valence-electron chi connectivity index (χ4n) is 1.90.